The number of nitrogens with zero attached hydrogens (tertiary/aromatic N) is 1. The number of anilines is 1. The highest BCUT2D eigenvalue weighted by molar-refractivity contribution is 7.09. The van der Waals surface area contributed by atoms with Gasteiger partial charge in [-0.05, 0) is 42.5 Å². The molecular formula is C15H14ClNO2S. The third kappa shape index (κ3) is 2.81. The first-order chi connectivity index (χ1) is 9.65. The topological polar surface area (TPSA) is 40.5 Å². The van der Waals surface area contributed by atoms with E-state index in [0.717, 1.165) is 12.2 Å². The standard InChI is InChI=1S/C15H14ClNO2S/c16-14-8-11(5-6-13(14)15(18)19)17(10-3-4-10)9-12-2-1-7-20-12/h1-2,5-8,10H,3-4,9H2,(H,18,19). The molecule has 0 atom stereocenters. The second kappa shape index (κ2) is 5.46. The summed E-state index contributed by atoms with van der Waals surface area (Å²) in [5.41, 5.74) is 1.15. The molecule has 1 aliphatic carbocycles. The zero-order chi connectivity index (χ0) is 14.1. The number of hydrogen-bond donors (Lipinski definition) is 1. The summed E-state index contributed by atoms with van der Waals surface area (Å²) < 4.78 is 0. The smallest absolute Gasteiger partial charge is 0.337 e. The molecule has 0 radical (unpaired) electrons. The first kappa shape index (κ1) is 13.5. The predicted octanol–water partition coefficient (Wildman–Crippen LogP) is 4.27. The Balaban J connectivity index is 1.88. The van der Waals surface area contributed by atoms with Gasteiger partial charge in [0.2, 0.25) is 0 Å². The molecule has 3 rings (SSSR count). The summed E-state index contributed by atoms with van der Waals surface area (Å²) in [5, 5.41) is 11.4. The molecule has 0 spiro atoms. The van der Waals surface area contributed by atoms with Gasteiger partial charge in [-0.1, -0.05) is 17.7 Å². The minimum Gasteiger partial charge on any atom is -0.478 e. The molecule has 0 aliphatic heterocycles. The molecule has 104 valence electrons. The van der Waals surface area contributed by atoms with Crippen LogP contribution in [0.4, 0.5) is 5.69 Å². The van der Waals surface area contributed by atoms with Gasteiger partial charge in [-0.15, -0.1) is 11.3 Å². The Labute approximate surface area is 126 Å². The molecule has 1 aliphatic rings. The zero-order valence-electron chi connectivity index (χ0n) is 10.8. The molecule has 0 bridgehead atoms. The third-order valence-corrected chi connectivity index (χ3v) is 4.58. The van der Waals surface area contributed by atoms with Crippen LogP contribution in [-0.2, 0) is 6.54 Å². The number of rotatable bonds is 5. The molecule has 1 aromatic carbocycles. The molecule has 0 saturated heterocycles. The lowest BCUT2D eigenvalue weighted by atomic mass is 10.2. The number of hydrogen-bond acceptors (Lipinski definition) is 3. The van der Waals surface area contributed by atoms with Gasteiger partial charge in [0, 0.05) is 16.6 Å². The average Bonchev–Trinajstić information content (AvgIpc) is 3.12. The second-order valence-corrected chi connectivity index (χ2v) is 6.35. The van der Waals surface area contributed by atoms with Crippen LogP contribution in [0.3, 0.4) is 0 Å². The van der Waals surface area contributed by atoms with Crippen LogP contribution in [-0.4, -0.2) is 17.1 Å². The molecule has 5 heteroatoms. The van der Waals surface area contributed by atoms with Gasteiger partial charge in [0.1, 0.15) is 0 Å². The van der Waals surface area contributed by atoms with Gasteiger partial charge in [-0.25, -0.2) is 4.79 Å². The normalized spacial score (nSPS) is 14.2. The summed E-state index contributed by atoms with van der Waals surface area (Å²) in [4.78, 5) is 14.6. The molecule has 0 unspecified atom stereocenters. The van der Waals surface area contributed by atoms with Gasteiger partial charge >= 0.3 is 5.97 Å². The number of carboxylic acids is 1. The number of thiophene rings is 1. The molecule has 2 aromatic rings. The monoisotopic (exact) mass is 307 g/mol. The van der Waals surface area contributed by atoms with Crippen LogP contribution in [0, 0.1) is 0 Å². The lowest BCUT2D eigenvalue weighted by molar-refractivity contribution is 0.0697. The Morgan fingerprint density at radius 1 is 1.40 bits per heavy atom. The molecule has 3 nitrogen and oxygen atoms in total. The number of benzene rings is 1. The zero-order valence-corrected chi connectivity index (χ0v) is 12.3. The molecule has 1 fully saturated rings. The number of halogens is 1. The van der Waals surface area contributed by atoms with Crippen molar-refractivity contribution < 1.29 is 9.90 Å². The number of aromatic carboxylic acids is 1. The van der Waals surface area contributed by atoms with Crippen molar-refractivity contribution >= 4 is 34.6 Å². The SMILES string of the molecule is O=C(O)c1ccc(N(Cc2cccs2)C2CC2)cc1Cl. The van der Waals surface area contributed by atoms with E-state index in [-0.39, 0.29) is 5.56 Å². The fourth-order valence-electron chi connectivity index (χ4n) is 2.24. The molecule has 1 aromatic heterocycles. The third-order valence-electron chi connectivity index (χ3n) is 3.41. The van der Waals surface area contributed by atoms with Gasteiger partial charge in [-0.3, -0.25) is 0 Å². The maximum Gasteiger partial charge on any atom is 0.337 e. The number of carbonyl (C=O) groups is 1. The largest absolute Gasteiger partial charge is 0.478 e. The Kier molecular flexibility index (Phi) is 3.68. The van der Waals surface area contributed by atoms with E-state index in [0.29, 0.717) is 11.1 Å². The predicted molar refractivity (Wildman–Crippen MR) is 81.9 cm³/mol. The Hall–Kier alpha value is -1.52. The molecule has 20 heavy (non-hydrogen) atoms. The van der Waals surface area contributed by atoms with E-state index < -0.39 is 5.97 Å². The van der Waals surface area contributed by atoms with E-state index in [1.807, 2.05) is 12.1 Å². The van der Waals surface area contributed by atoms with E-state index in [2.05, 4.69) is 16.3 Å². The van der Waals surface area contributed by atoms with Crippen molar-refractivity contribution in [1.82, 2.24) is 0 Å². The first-order valence-electron chi connectivity index (χ1n) is 6.47. The summed E-state index contributed by atoms with van der Waals surface area (Å²) in [6.07, 6.45) is 2.37. The lowest BCUT2D eigenvalue weighted by Gasteiger charge is -2.24. The van der Waals surface area contributed by atoms with E-state index >= 15 is 0 Å². The van der Waals surface area contributed by atoms with Crippen LogP contribution >= 0.6 is 22.9 Å². The van der Waals surface area contributed by atoms with Crippen molar-refractivity contribution in [2.24, 2.45) is 0 Å². The van der Waals surface area contributed by atoms with Crippen LogP contribution < -0.4 is 4.90 Å². The maximum absolute atomic E-state index is 11.0. The van der Waals surface area contributed by atoms with E-state index in [9.17, 15) is 4.79 Å². The van der Waals surface area contributed by atoms with Crippen LogP contribution in [0.15, 0.2) is 35.7 Å². The van der Waals surface area contributed by atoms with E-state index in [1.54, 1.807) is 23.5 Å². The fourth-order valence-corrected chi connectivity index (χ4v) is 3.20. The quantitative estimate of drug-likeness (QED) is 0.897. The summed E-state index contributed by atoms with van der Waals surface area (Å²) in [6, 6.07) is 9.91. The van der Waals surface area contributed by atoms with Crippen LogP contribution in [0.25, 0.3) is 0 Å². The summed E-state index contributed by atoms with van der Waals surface area (Å²) in [6.45, 7) is 0.852. The van der Waals surface area contributed by atoms with Crippen molar-refractivity contribution in [3.8, 4) is 0 Å². The average molecular weight is 308 g/mol. The maximum atomic E-state index is 11.0. The van der Waals surface area contributed by atoms with Gasteiger partial charge < -0.3 is 10.0 Å². The Bertz CT molecular complexity index is 623. The fraction of sp³-hybridized carbons (Fsp3) is 0.267. The van der Waals surface area contributed by atoms with Crippen molar-refractivity contribution in [3.05, 3.63) is 51.2 Å². The van der Waals surface area contributed by atoms with Gasteiger partial charge in [-0.2, -0.15) is 0 Å². The van der Waals surface area contributed by atoms with Crippen molar-refractivity contribution in [3.63, 3.8) is 0 Å². The molecular weight excluding hydrogens is 294 g/mol. The van der Waals surface area contributed by atoms with Gasteiger partial charge in [0.25, 0.3) is 0 Å². The molecule has 1 saturated carbocycles. The highest BCUT2D eigenvalue weighted by atomic mass is 35.5. The van der Waals surface area contributed by atoms with Crippen LogP contribution in [0.2, 0.25) is 5.02 Å². The molecule has 0 amide bonds. The Morgan fingerprint density at radius 3 is 2.75 bits per heavy atom. The minimum absolute atomic E-state index is 0.155. The number of carboxylic acid groups (broad SMARTS) is 1. The summed E-state index contributed by atoms with van der Waals surface area (Å²) in [5.74, 6) is -0.988. The van der Waals surface area contributed by atoms with Crippen LogP contribution in [0.1, 0.15) is 28.1 Å². The second-order valence-electron chi connectivity index (χ2n) is 4.91. The van der Waals surface area contributed by atoms with Gasteiger partial charge in [0.15, 0.2) is 0 Å². The van der Waals surface area contributed by atoms with Gasteiger partial charge in [0.05, 0.1) is 17.1 Å². The lowest BCUT2D eigenvalue weighted by Crippen LogP contribution is -2.24. The van der Waals surface area contributed by atoms with E-state index in [4.69, 9.17) is 16.7 Å². The highest BCUT2D eigenvalue weighted by Crippen LogP contribution is 2.35. The minimum atomic E-state index is -0.988. The van der Waals surface area contributed by atoms with Crippen molar-refractivity contribution in [2.75, 3.05) is 4.90 Å². The first-order valence-corrected chi connectivity index (χ1v) is 7.73. The molecule has 1 heterocycles. The van der Waals surface area contributed by atoms with Crippen molar-refractivity contribution in [1.29, 1.82) is 0 Å². The molecule has 1 N–H and O–H groups in total. The van der Waals surface area contributed by atoms with Crippen LogP contribution in [0.5, 0.6) is 0 Å². The Morgan fingerprint density at radius 2 is 2.20 bits per heavy atom. The summed E-state index contributed by atoms with van der Waals surface area (Å²) >= 11 is 7.81. The van der Waals surface area contributed by atoms with Crippen molar-refractivity contribution in [2.45, 2.75) is 25.4 Å². The highest BCUT2D eigenvalue weighted by Gasteiger charge is 2.30. The summed E-state index contributed by atoms with van der Waals surface area (Å²) in [7, 11) is 0. The van der Waals surface area contributed by atoms with E-state index in [1.165, 1.54) is 17.7 Å².